The Bertz CT molecular complexity index is 1130. The lowest BCUT2D eigenvalue weighted by atomic mass is 9.90. The molecule has 8 nitrogen and oxygen atoms in total. The second kappa shape index (κ2) is 8.70. The Kier molecular flexibility index (Phi) is 5.74. The third-order valence-electron chi connectivity index (χ3n) is 7.04. The topological polar surface area (TPSA) is 93.2 Å². The minimum atomic E-state index is -1.78. The number of likely N-dealkylation sites (tertiary alicyclic amines) is 2. The average molecular weight is 452 g/mol. The number of anilines is 1. The van der Waals surface area contributed by atoms with Gasteiger partial charge in [0.1, 0.15) is 0 Å². The highest BCUT2D eigenvalue weighted by Crippen LogP contribution is 2.33. The van der Waals surface area contributed by atoms with Crippen LogP contribution < -0.4 is 5.73 Å². The first kappa shape index (κ1) is 21.8. The number of aromatic nitrogens is 4. The molecule has 0 radical (unpaired) electrons. The predicted molar refractivity (Wildman–Crippen MR) is 124 cm³/mol. The molecule has 4 heterocycles. The first-order valence-electron chi connectivity index (χ1n) is 11.6. The molecule has 5 rings (SSSR count). The molecule has 3 aromatic rings. The molecule has 2 saturated heterocycles. The normalized spacial score (nSPS) is 19.8. The van der Waals surface area contributed by atoms with Gasteiger partial charge >= 0.3 is 0 Å². The van der Waals surface area contributed by atoms with Crippen LogP contribution in [0.4, 0.5) is 10.3 Å². The van der Waals surface area contributed by atoms with Crippen LogP contribution in [0.1, 0.15) is 42.9 Å². The number of nitrogens with two attached hydrogens (primary N) is 1. The quantitative estimate of drug-likeness (QED) is 0.656. The number of carbonyl (C=O) groups excluding carboxylic acids is 1. The van der Waals surface area contributed by atoms with Crippen LogP contribution in [0, 0.1) is 6.92 Å². The largest absolute Gasteiger partial charge is 0.368 e. The molecule has 0 bridgehead atoms. The summed E-state index contributed by atoms with van der Waals surface area (Å²) in [4.78, 5) is 29.5. The number of piperidine rings is 2. The molecule has 0 atom stereocenters. The summed E-state index contributed by atoms with van der Waals surface area (Å²) in [5.74, 6) is -0.103. The average Bonchev–Trinajstić information content (AvgIpc) is 3.25. The van der Waals surface area contributed by atoms with Crippen LogP contribution in [0.2, 0.25) is 0 Å². The van der Waals surface area contributed by atoms with Crippen molar-refractivity contribution >= 4 is 22.9 Å². The summed E-state index contributed by atoms with van der Waals surface area (Å²) >= 11 is 0. The zero-order valence-electron chi connectivity index (χ0n) is 19.0. The van der Waals surface area contributed by atoms with Crippen LogP contribution in [0.25, 0.3) is 11.0 Å². The van der Waals surface area contributed by atoms with Crippen molar-refractivity contribution in [3.05, 3.63) is 48.0 Å². The molecule has 0 saturated carbocycles. The minimum Gasteiger partial charge on any atom is -0.368 e. The fraction of sp³-hybridized carbons (Fsp3) is 0.500. The van der Waals surface area contributed by atoms with Crippen LogP contribution in [-0.4, -0.2) is 67.1 Å². The molecule has 0 aliphatic carbocycles. The lowest BCUT2D eigenvalue weighted by Crippen LogP contribution is -2.53. The zero-order chi connectivity index (χ0) is 23.0. The third kappa shape index (κ3) is 4.42. The smallest absolute Gasteiger partial charge is 0.260 e. The maximum Gasteiger partial charge on any atom is 0.260 e. The van der Waals surface area contributed by atoms with Gasteiger partial charge in [-0.3, -0.25) is 9.69 Å². The number of amides is 1. The van der Waals surface area contributed by atoms with Crippen LogP contribution in [0.5, 0.6) is 0 Å². The second-order valence-electron chi connectivity index (χ2n) is 9.36. The number of nitrogen functional groups attached to an aromatic ring is 1. The highest BCUT2D eigenvalue weighted by molar-refractivity contribution is 5.85. The molecule has 2 aromatic heterocycles. The molecule has 2 aliphatic rings. The van der Waals surface area contributed by atoms with E-state index in [4.69, 9.17) is 5.73 Å². The summed E-state index contributed by atoms with van der Waals surface area (Å²) in [5, 5.41) is 0. The molecule has 2 N–H and O–H groups in total. The molecule has 2 aliphatic heterocycles. The molecular weight excluding hydrogens is 421 g/mol. The number of imidazole rings is 1. The number of hydrogen-bond donors (Lipinski definition) is 1. The maximum atomic E-state index is 15.7. The van der Waals surface area contributed by atoms with Crippen LogP contribution >= 0.6 is 0 Å². The van der Waals surface area contributed by atoms with E-state index in [1.54, 1.807) is 17.3 Å². The molecule has 1 aromatic carbocycles. The van der Waals surface area contributed by atoms with Gasteiger partial charge in [0.25, 0.3) is 5.91 Å². The lowest BCUT2D eigenvalue weighted by Gasteiger charge is -2.40. The van der Waals surface area contributed by atoms with Crippen molar-refractivity contribution in [2.24, 2.45) is 0 Å². The number of benzene rings is 1. The molecule has 2 fully saturated rings. The minimum absolute atomic E-state index is 0.215. The molecule has 33 heavy (non-hydrogen) atoms. The van der Waals surface area contributed by atoms with Gasteiger partial charge in [0, 0.05) is 69.6 Å². The van der Waals surface area contributed by atoms with E-state index in [2.05, 4.69) is 49.5 Å². The Morgan fingerprint density at radius 2 is 1.82 bits per heavy atom. The highest BCUT2D eigenvalue weighted by atomic mass is 19.1. The van der Waals surface area contributed by atoms with E-state index >= 15 is 4.39 Å². The van der Waals surface area contributed by atoms with E-state index in [0.29, 0.717) is 32.7 Å². The number of nitrogens with zero attached hydrogens (tertiary/aromatic N) is 6. The van der Waals surface area contributed by atoms with Gasteiger partial charge in [0.05, 0.1) is 17.4 Å². The van der Waals surface area contributed by atoms with Crippen molar-refractivity contribution < 1.29 is 9.18 Å². The van der Waals surface area contributed by atoms with Gasteiger partial charge in [-0.1, -0.05) is 6.07 Å². The fourth-order valence-corrected chi connectivity index (χ4v) is 5.05. The third-order valence-corrected chi connectivity index (χ3v) is 7.04. The molecule has 1 amide bonds. The summed E-state index contributed by atoms with van der Waals surface area (Å²) in [7, 11) is 0. The van der Waals surface area contributed by atoms with Gasteiger partial charge < -0.3 is 15.2 Å². The van der Waals surface area contributed by atoms with Crippen molar-refractivity contribution in [3.8, 4) is 0 Å². The number of hydrogen-bond acceptors (Lipinski definition) is 6. The number of rotatable bonds is 4. The number of halogens is 1. The Morgan fingerprint density at radius 3 is 2.52 bits per heavy atom. The fourth-order valence-electron chi connectivity index (χ4n) is 5.05. The van der Waals surface area contributed by atoms with Gasteiger partial charge in [-0.05, 0) is 37.5 Å². The summed E-state index contributed by atoms with van der Waals surface area (Å²) in [6.07, 6.45) is 7.33. The van der Waals surface area contributed by atoms with Gasteiger partial charge in [-0.15, -0.1) is 0 Å². The van der Waals surface area contributed by atoms with Gasteiger partial charge in [0.2, 0.25) is 5.95 Å². The van der Waals surface area contributed by atoms with Gasteiger partial charge in [0.15, 0.2) is 5.67 Å². The number of alkyl halides is 1. The SMILES string of the molecule is Cc1ccc2c(c1)ncn2C1CCN(C(=O)C2(F)CCN(Cc3cnc(N)nc3)CC2)CC1. The van der Waals surface area contributed by atoms with Crippen molar-refractivity contribution in [1.29, 1.82) is 0 Å². The van der Waals surface area contributed by atoms with Gasteiger partial charge in [-0.2, -0.15) is 0 Å². The van der Waals surface area contributed by atoms with Crippen molar-refractivity contribution in [2.45, 2.75) is 50.9 Å². The van der Waals surface area contributed by atoms with Crippen molar-refractivity contribution in [3.63, 3.8) is 0 Å². The number of aryl methyl sites for hydroxylation is 1. The highest BCUT2D eigenvalue weighted by Gasteiger charge is 2.44. The Balaban J connectivity index is 1.16. The van der Waals surface area contributed by atoms with E-state index in [-0.39, 0.29) is 30.7 Å². The Hall–Kier alpha value is -3.07. The van der Waals surface area contributed by atoms with Crippen LogP contribution in [0.15, 0.2) is 36.9 Å². The maximum absolute atomic E-state index is 15.7. The van der Waals surface area contributed by atoms with E-state index in [1.165, 1.54) is 5.56 Å². The standard InChI is InChI=1S/C24H30FN7O/c1-17-2-3-21-20(12-17)29-16-32(21)19-4-8-31(9-5-19)22(33)24(25)6-10-30(11-7-24)15-18-13-27-23(26)28-14-18/h2-3,12-14,16,19H,4-11,15H2,1H3,(H2,26,27,28). The molecule has 0 spiro atoms. The first-order valence-corrected chi connectivity index (χ1v) is 11.6. The van der Waals surface area contributed by atoms with Crippen LogP contribution in [0.3, 0.4) is 0 Å². The molecule has 174 valence electrons. The predicted octanol–water partition coefficient (Wildman–Crippen LogP) is 2.88. The summed E-state index contributed by atoms with van der Waals surface area (Å²) in [6, 6.07) is 6.57. The molecule has 0 unspecified atom stereocenters. The second-order valence-corrected chi connectivity index (χ2v) is 9.36. The van der Waals surface area contributed by atoms with E-state index < -0.39 is 5.67 Å². The molecular formula is C24H30FN7O. The lowest BCUT2D eigenvalue weighted by molar-refractivity contribution is -0.148. The Morgan fingerprint density at radius 1 is 1.12 bits per heavy atom. The monoisotopic (exact) mass is 451 g/mol. The first-order chi connectivity index (χ1) is 15.9. The van der Waals surface area contributed by atoms with E-state index in [9.17, 15) is 4.79 Å². The van der Waals surface area contributed by atoms with Gasteiger partial charge in [-0.25, -0.2) is 19.3 Å². The van der Waals surface area contributed by atoms with Crippen molar-refractivity contribution in [2.75, 3.05) is 31.9 Å². The van der Waals surface area contributed by atoms with E-state index in [0.717, 1.165) is 29.4 Å². The summed E-state index contributed by atoms with van der Waals surface area (Å²) in [5.41, 5.74) is 7.99. The molecule has 9 heteroatoms. The number of carbonyl (C=O) groups is 1. The zero-order valence-corrected chi connectivity index (χ0v) is 19.0. The Labute approximate surface area is 192 Å². The summed E-state index contributed by atoms with van der Waals surface area (Å²) < 4.78 is 17.9. The number of fused-ring (bicyclic) bond motifs is 1. The van der Waals surface area contributed by atoms with Crippen molar-refractivity contribution in [1.82, 2.24) is 29.3 Å². The van der Waals surface area contributed by atoms with E-state index in [1.807, 2.05) is 6.33 Å². The van der Waals surface area contributed by atoms with Crippen LogP contribution in [-0.2, 0) is 11.3 Å². The summed E-state index contributed by atoms with van der Waals surface area (Å²) in [6.45, 7) is 4.91.